The monoisotopic (exact) mass is 218 g/mol. The van der Waals surface area contributed by atoms with E-state index < -0.39 is 0 Å². The Morgan fingerprint density at radius 1 is 1.31 bits per heavy atom. The third-order valence-corrected chi connectivity index (χ3v) is 2.63. The van der Waals surface area contributed by atoms with Crippen LogP contribution in [0.25, 0.3) is 11.3 Å². The van der Waals surface area contributed by atoms with Gasteiger partial charge in [-0.1, -0.05) is 26.0 Å². The molecule has 0 aliphatic rings. The topological polar surface area (TPSA) is 17.8 Å². The maximum absolute atomic E-state index is 14.2. The first-order valence-corrected chi connectivity index (χ1v) is 5.36. The number of aryl methyl sites for hydroxylation is 1. The largest absolute Gasteiger partial charge is 0.340 e. The number of benzene rings is 1. The fourth-order valence-electron chi connectivity index (χ4n) is 1.75. The van der Waals surface area contributed by atoms with E-state index in [1.54, 1.807) is 12.4 Å². The zero-order valence-corrected chi connectivity index (χ0v) is 9.74. The first kappa shape index (κ1) is 10.9. The number of hydrogen-bond acceptors (Lipinski definition) is 1. The van der Waals surface area contributed by atoms with Gasteiger partial charge in [0.1, 0.15) is 5.82 Å². The van der Waals surface area contributed by atoms with Crippen LogP contribution in [0.2, 0.25) is 0 Å². The molecule has 0 unspecified atom stereocenters. The van der Waals surface area contributed by atoms with Crippen molar-refractivity contribution in [2.75, 3.05) is 0 Å². The lowest BCUT2D eigenvalue weighted by atomic mass is 9.99. The quantitative estimate of drug-likeness (QED) is 0.755. The summed E-state index contributed by atoms with van der Waals surface area (Å²) >= 11 is 0. The first-order valence-electron chi connectivity index (χ1n) is 5.36. The van der Waals surface area contributed by atoms with Gasteiger partial charge < -0.3 is 4.57 Å². The minimum atomic E-state index is -0.156. The third kappa shape index (κ3) is 1.85. The molecule has 0 radical (unpaired) electrons. The summed E-state index contributed by atoms with van der Waals surface area (Å²) < 4.78 is 16.0. The Kier molecular flexibility index (Phi) is 2.77. The Balaban J connectivity index is 2.54. The zero-order chi connectivity index (χ0) is 11.7. The van der Waals surface area contributed by atoms with Crippen LogP contribution in [-0.2, 0) is 7.05 Å². The number of halogens is 1. The smallest absolute Gasteiger partial charge is 0.136 e. The van der Waals surface area contributed by atoms with Gasteiger partial charge in [-0.25, -0.2) is 9.37 Å². The maximum atomic E-state index is 14.2. The van der Waals surface area contributed by atoms with Gasteiger partial charge in [0, 0.05) is 18.8 Å². The van der Waals surface area contributed by atoms with E-state index in [4.69, 9.17) is 0 Å². The van der Waals surface area contributed by atoms with Gasteiger partial charge in [-0.05, 0) is 17.5 Å². The van der Waals surface area contributed by atoms with Crippen molar-refractivity contribution in [2.24, 2.45) is 7.05 Å². The van der Waals surface area contributed by atoms with Crippen molar-refractivity contribution in [1.82, 2.24) is 9.55 Å². The average Bonchev–Trinajstić information content (AvgIpc) is 2.64. The molecule has 2 aromatic rings. The normalized spacial score (nSPS) is 11.1. The SMILES string of the molecule is CC(C)c1cccc(-c2cn(C)cn2)c1F. The van der Waals surface area contributed by atoms with Crippen LogP contribution in [-0.4, -0.2) is 9.55 Å². The summed E-state index contributed by atoms with van der Waals surface area (Å²) in [4.78, 5) is 4.17. The summed E-state index contributed by atoms with van der Waals surface area (Å²) in [5.74, 6) is 0.0277. The minimum Gasteiger partial charge on any atom is -0.340 e. The molecule has 0 saturated carbocycles. The average molecular weight is 218 g/mol. The van der Waals surface area contributed by atoms with Crippen LogP contribution in [0.4, 0.5) is 4.39 Å². The number of hydrogen-bond donors (Lipinski definition) is 0. The highest BCUT2D eigenvalue weighted by molar-refractivity contribution is 5.60. The Labute approximate surface area is 94.8 Å². The summed E-state index contributed by atoms with van der Waals surface area (Å²) in [5.41, 5.74) is 2.00. The van der Waals surface area contributed by atoms with E-state index in [-0.39, 0.29) is 11.7 Å². The van der Waals surface area contributed by atoms with Crippen LogP contribution in [0.1, 0.15) is 25.3 Å². The van der Waals surface area contributed by atoms with Gasteiger partial charge in [0.2, 0.25) is 0 Å². The summed E-state index contributed by atoms with van der Waals surface area (Å²) in [6.07, 6.45) is 3.50. The highest BCUT2D eigenvalue weighted by Crippen LogP contribution is 2.27. The lowest BCUT2D eigenvalue weighted by Crippen LogP contribution is -1.95. The fourth-order valence-corrected chi connectivity index (χ4v) is 1.75. The lowest BCUT2D eigenvalue weighted by Gasteiger charge is -2.09. The van der Waals surface area contributed by atoms with Crippen molar-refractivity contribution >= 4 is 0 Å². The van der Waals surface area contributed by atoms with Crippen LogP contribution in [0.5, 0.6) is 0 Å². The molecule has 0 spiro atoms. The molecule has 2 nitrogen and oxygen atoms in total. The van der Waals surface area contributed by atoms with Gasteiger partial charge in [-0.2, -0.15) is 0 Å². The molecular formula is C13H15FN2. The Hall–Kier alpha value is -1.64. The highest BCUT2D eigenvalue weighted by atomic mass is 19.1. The second-order valence-electron chi connectivity index (χ2n) is 4.29. The molecule has 2 rings (SSSR count). The molecule has 0 atom stereocenters. The lowest BCUT2D eigenvalue weighted by molar-refractivity contribution is 0.601. The standard InChI is InChI=1S/C13H15FN2/c1-9(2)10-5-4-6-11(13(10)14)12-7-16(3)8-15-12/h4-9H,1-3H3. The predicted molar refractivity (Wildman–Crippen MR) is 62.7 cm³/mol. The fraction of sp³-hybridized carbons (Fsp3) is 0.308. The van der Waals surface area contributed by atoms with Crippen molar-refractivity contribution in [3.63, 3.8) is 0 Å². The second-order valence-corrected chi connectivity index (χ2v) is 4.29. The highest BCUT2D eigenvalue weighted by Gasteiger charge is 2.13. The van der Waals surface area contributed by atoms with Crippen molar-refractivity contribution in [3.05, 3.63) is 42.1 Å². The molecule has 1 heterocycles. The second kappa shape index (κ2) is 4.08. The maximum Gasteiger partial charge on any atom is 0.136 e. The van der Waals surface area contributed by atoms with E-state index in [1.165, 1.54) is 0 Å². The van der Waals surface area contributed by atoms with E-state index in [1.807, 2.05) is 43.8 Å². The van der Waals surface area contributed by atoms with Gasteiger partial charge in [0.05, 0.1) is 12.0 Å². The number of nitrogens with zero attached hydrogens (tertiary/aromatic N) is 2. The number of rotatable bonds is 2. The molecule has 0 saturated heterocycles. The summed E-state index contributed by atoms with van der Waals surface area (Å²) in [5, 5.41) is 0. The molecule has 0 amide bonds. The Morgan fingerprint density at radius 2 is 2.06 bits per heavy atom. The predicted octanol–water partition coefficient (Wildman–Crippen LogP) is 3.35. The molecule has 1 aromatic carbocycles. The van der Waals surface area contributed by atoms with Crippen molar-refractivity contribution in [1.29, 1.82) is 0 Å². The van der Waals surface area contributed by atoms with Gasteiger partial charge >= 0.3 is 0 Å². The van der Waals surface area contributed by atoms with Crippen molar-refractivity contribution in [3.8, 4) is 11.3 Å². The molecule has 0 fully saturated rings. The summed E-state index contributed by atoms with van der Waals surface area (Å²) in [7, 11) is 1.88. The minimum absolute atomic E-state index is 0.156. The summed E-state index contributed by atoms with van der Waals surface area (Å²) in [6, 6.07) is 5.47. The molecule has 16 heavy (non-hydrogen) atoms. The molecule has 0 bridgehead atoms. The Morgan fingerprint density at radius 3 is 2.62 bits per heavy atom. The zero-order valence-electron chi connectivity index (χ0n) is 9.74. The van der Waals surface area contributed by atoms with Gasteiger partial charge in [0.15, 0.2) is 0 Å². The molecule has 84 valence electrons. The molecular weight excluding hydrogens is 203 g/mol. The molecule has 0 N–H and O–H groups in total. The van der Waals surface area contributed by atoms with Crippen LogP contribution >= 0.6 is 0 Å². The van der Waals surface area contributed by atoms with Crippen LogP contribution in [0.3, 0.4) is 0 Å². The van der Waals surface area contributed by atoms with E-state index >= 15 is 0 Å². The van der Waals surface area contributed by atoms with Gasteiger partial charge in [-0.3, -0.25) is 0 Å². The van der Waals surface area contributed by atoms with Crippen molar-refractivity contribution < 1.29 is 4.39 Å². The van der Waals surface area contributed by atoms with Crippen LogP contribution < -0.4 is 0 Å². The van der Waals surface area contributed by atoms with Gasteiger partial charge in [-0.15, -0.1) is 0 Å². The number of imidazole rings is 1. The Bertz CT molecular complexity index is 500. The third-order valence-electron chi connectivity index (χ3n) is 2.63. The van der Waals surface area contributed by atoms with E-state index in [0.717, 1.165) is 5.56 Å². The first-order chi connectivity index (χ1) is 7.59. The summed E-state index contributed by atoms with van der Waals surface area (Å²) in [6.45, 7) is 3.97. The van der Waals surface area contributed by atoms with E-state index in [9.17, 15) is 4.39 Å². The van der Waals surface area contributed by atoms with Crippen LogP contribution in [0.15, 0.2) is 30.7 Å². The van der Waals surface area contributed by atoms with E-state index in [0.29, 0.717) is 11.3 Å². The number of aromatic nitrogens is 2. The van der Waals surface area contributed by atoms with Crippen molar-refractivity contribution in [2.45, 2.75) is 19.8 Å². The molecule has 0 aliphatic carbocycles. The molecule has 3 heteroatoms. The van der Waals surface area contributed by atoms with Crippen LogP contribution in [0, 0.1) is 5.82 Å². The van der Waals surface area contributed by atoms with E-state index in [2.05, 4.69) is 4.98 Å². The van der Waals surface area contributed by atoms with Gasteiger partial charge in [0.25, 0.3) is 0 Å². The molecule has 0 aliphatic heterocycles. The molecule has 1 aromatic heterocycles.